The van der Waals surface area contributed by atoms with Gasteiger partial charge in [-0.1, -0.05) is 12.1 Å². The van der Waals surface area contributed by atoms with Gasteiger partial charge in [-0.2, -0.15) is 17.0 Å². The summed E-state index contributed by atoms with van der Waals surface area (Å²) in [6.45, 7) is 0.944. The van der Waals surface area contributed by atoms with Crippen molar-refractivity contribution in [3.8, 4) is 6.07 Å². The minimum Gasteiger partial charge on any atom is -0.384 e. The van der Waals surface area contributed by atoms with Crippen molar-refractivity contribution >= 4 is 17.4 Å². The van der Waals surface area contributed by atoms with Gasteiger partial charge in [-0.3, -0.25) is 0 Å². The van der Waals surface area contributed by atoms with Gasteiger partial charge in [-0.25, -0.2) is 0 Å². The first-order valence-corrected chi connectivity index (χ1v) is 6.50. The minimum atomic E-state index is 0.724. The zero-order valence-corrected chi connectivity index (χ0v) is 9.81. The van der Waals surface area contributed by atoms with E-state index in [9.17, 15) is 0 Å². The Kier molecular flexibility index (Phi) is 5.72. The van der Waals surface area contributed by atoms with Crippen LogP contribution < -0.4 is 5.32 Å². The number of nitrogens with zero attached hydrogens (tertiary/aromatic N) is 1. The molecule has 0 bridgehead atoms. The highest BCUT2D eigenvalue weighted by atomic mass is 32.2. The van der Waals surface area contributed by atoms with E-state index >= 15 is 0 Å². The number of nitriles is 1. The van der Waals surface area contributed by atoms with E-state index in [-0.39, 0.29) is 0 Å². The first-order valence-electron chi connectivity index (χ1n) is 5.10. The Hall–Kier alpha value is -1.14. The molecule has 0 spiro atoms. The average Bonchev–Trinajstić information content (AvgIpc) is 2.29. The van der Waals surface area contributed by atoms with Gasteiger partial charge in [-0.05, 0) is 37.0 Å². The number of para-hydroxylation sites is 1. The summed E-state index contributed by atoms with van der Waals surface area (Å²) in [5, 5.41) is 12.2. The van der Waals surface area contributed by atoms with Crippen molar-refractivity contribution in [2.75, 3.05) is 23.9 Å². The lowest BCUT2D eigenvalue weighted by molar-refractivity contribution is 0.843. The lowest BCUT2D eigenvalue weighted by Gasteiger charge is -2.07. The zero-order chi connectivity index (χ0) is 10.9. The molecule has 0 atom stereocenters. The first kappa shape index (κ1) is 11.9. The zero-order valence-electron chi connectivity index (χ0n) is 8.99. The molecule has 1 aromatic carbocycles. The molecular formula is C12H16N2S. The standard InChI is InChI=1S/C12H16N2S/c1-15-9-5-4-8-14-12-7-3-2-6-11(12)10-13/h2-3,6-7,14H,4-5,8-9H2,1H3. The highest BCUT2D eigenvalue weighted by Gasteiger charge is 1.98. The summed E-state index contributed by atoms with van der Waals surface area (Å²) in [5.74, 6) is 1.21. The second kappa shape index (κ2) is 7.19. The maximum Gasteiger partial charge on any atom is 0.101 e. The van der Waals surface area contributed by atoms with Crippen LogP contribution in [0.5, 0.6) is 0 Å². The van der Waals surface area contributed by atoms with E-state index in [4.69, 9.17) is 5.26 Å². The Labute approximate surface area is 95.7 Å². The molecule has 0 aliphatic heterocycles. The van der Waals surface area contributed by atoms with E-state index in [0.29, 0.717) is 0 Å². The third-order valence-corrected chi connectivity index (χ3v) is 2.84. The van der Waals surface area contributed by atoms with Crippen molar-refractivity contribution in [2.45, 2.75) is 12.8 Å². The molecule has 0 radical (unpaired) electrons. The molecule has 3 heteroatoms. The van der Waals surface area contributed by atoms with Crippen LogP contribution in [0.3, 0.4) is 0 Å². The fraction of sp³-hybridized carbons (Fsp3) is 0.417. The lowest BCUT2D eigenvalue weighted by Crippen LogP contribution is -2.03. The van der Waals surface area contributed by atoms with Gasteiger partial charge in [0.2, 0.25) is 0 Å². The highest BCUT2D eigenvalue weighted by molar-refractivity contribution is 7.98. The highest BCUT2D eigenvalue weighted by Crippen LogP contribution is 2.13. The van der Waals surface area contributed by atoms with Crippen LogP contribution >= 0.6 is 11.8 Å². The monoisotopic (exact) mass is 220 g/mol. The molecule has 0 aliphatic carbocycles. The van der Waals surface area contributed by atoms with Crippen molar-refractivity contribution < 1.29 is 0 Å². The van der Waals surface area contributed by atoms with Gasteiger partial charge in [0, 0.05) is 6.54 Å². The Morgan fingerprint density at radius 1 is 1.33 bits per heavy atom. The van der Waals surface area contributed by atoms with Crippen molar-refractivity contribution in [1.29, 1.82) is 5.26 Å². The van der Waals surface area contributed by atoms with Crippen molar-refractivity contribution in [3.05, 3.63) is 29.8 Å². The second-order valence-corrected chi connectivity index (χ2v) is 4.27. The molecule has 1 aromatic rings. The van der Waals surface area contributed by atoms with Crippen molar-refractivity contribution in [3.63, 3.8) is 0 Å². The summed E-state index contributed by atoms with van der Waals surface area (Å²) in [5.41, 5.74) is 1.67. The molecule has 0 heterocycles. The Morgan fingerprint density at radius 2 is 2.13 bits per heavy atom. The molecule has 0 aromatic heterocycles. The van der Waals surface area contributed by atoms with Gasteiger partial charge in [-0.15, -0.1) is 0 Å². The van der Waals surface area contributed by atoms with Crippen LogP contribution in [0.1, 0.15) is 18.4 Å². The molecule has 2 nitrogen and oxygen atoms in total. The Balaban J connectivity index is 2.34. The number of thioether (sulfide) groups is 1. The van der Waals surface area contributed by atoms with Crippen LogP contribution in [-0.2, 0) is 0 Å². The van der Waals surface area contributed by atoms with Crippen LogP contribution in [0.25, 0.3) is 0 Å². The number of nitrogens with one attached hydrogen (secondary N) is 1. The topological polar surface area (TPSA) is 35.8 Å². The summed E-state index contributed by atoms with van der Waals surface area (Å²) in [6.07, 6.45) is 4.50. The molecule has 80 valence electrons. The number of benzene rings is 1. The average molecular weight is 220 g/mol. The van der Waals surface area contributed by atoms with E-state index in [1.54, 1.807) is 0 Å². The molecule has 0 saturated heterocycles. The van der Waals surface area contributed by atoms with E-state index in [2.05, 4.69) is 17.6 Å². The first-order chi connectivity index (χ1) is 7.38. The maximum absolute atomic E-state index is 8.87. The van der Waals surface area contributed by atoms with Crippen LogP contribution in [0, 0.1) is 11.3 Å². The van der Waals surface area contributed by atoms with Gasteiger partial charge in [0.15, 0.2) is 0 Å². The summed E-state index contributed by atoms with van der Waals surface area (Å²) in [6, 6.07) is 9.81. The van der Waals surface area contributed by atoms with E-state index in [1.807, 2.05) is 36.0 Å². The fourth-order valence-electron chi connectivity index (χ4n) is 1.33. The quantitative estimate of drug-likeness (QED) is 0.748. The number of anilines is 1. The summed E-state index contributed by atoms with van der Waals surface area (Å²) >= 11 is 1.88. The number of hydrogen-bond acceptors (Lipinski definition) is 3. The lowest BCUT2D eigenvalue weighted by atomic mass is 10.2. The van der Waals surface area contributed by atoms with Crippen LogP contribution in [0.2, 0.25) is 0 Å². The molecule has 0 fully saturated rings. The van der Waals surface area contributed by atoms with Crippen molar-refractivity contribution in [1.82, 2.24) is 0 Å². The largest absolute Gasteiger partial charge is 0.384 e. The van der Waals surface area contributed by atoms with Crippen LogP contribution in [0.15, 0.2) is 24.3 Å². The van der Waals surface area contributed by atoms with E-state index in [0.717, 1.165) is 24.2 Å². The van der Waals surface area contributed by atoms with Gasteiger partial charge in [0.05, 0.1) is 11.3 Å². The molecule has 1 rings (SSSR count). The number of hydrogen-bond donors (Lipinski definition) is 1. The second-order valence-electron chi connectivity index (χ2n) is 3.28. The SMILES string of the molecule is CSCCCCNc1ccccc1C#N. The maximum atomic E-state index is 8.87. The third-order valence-electron chi connectivity index (χ3n) is 2.14. The molecular weight excluding hydrogens is 204 g/mol. The number of rotatable bonds is 6. The van der Waals surface area contributed by atoms with E-state index in [1.165, 1.54) is 12.2 Å². The molecule has 0 unspecified atom stereocenters. The Morgan fingerprint density at radius 3 is 2.87 bits per heavy atom. The van der Waals surface area contributed by atoms with E-state index < -0.39 is 0 Å². The molecule has 1 N–H and O–H groups in total. The fourth-order valence-corrected chi connectivity index (χ4v) is 1.82. The van der Waals surface area contributed by atoms with Gasteiger partial charge >= 0.3 is 0 Å². The molecule has 0 saturated carbocycles. The number of unbranched alkanes of at least 4 members (excludes halogenated alkanes) is 1. The van der Waals surface area contributed by atoms with Crippen molar-refractivity contribution in [2.24, 2.45) is 0 Å². The minimum absolute atomic E-state index is 0.724. The molecule has 0 aliphatic rings. The summed E-state index contributed by atoms with van der Waals surface area (Å²) in [4.78, 5) is 0. The molecule has 0 amide bonds. The van der Waals surface area contributed by atoms with Crippen LogP contribution in [0.4, 0.5) is 5.69 Å². The van der Waals surface area contributed by atoms with Gasteiger partial charge in [0.1, 0.15) is 6.07 Å². The Bertz CT molecular complexity index is 331. The normalized spacial score (nSPS) is 9.60. The third kappa shape index (κ3) is 4.26. The summed E-state index contributed by atoms with van der Waals surface area (Å²) in [7, 11) is 0. The van der Waals surface area contributed by atoms with Gasteiger partial charge < -0.3 is 5.32 Å². The predicted molar refractivity (Wildman–Crippen MR) is 67.3 cm³/mol. The molecule has 15 heavy (non-hydrogen) atoms. The smallest absolute Gasteiger partial charge is 0.101 e. The van der Waals surface area contributed by atoms with Crippen LogP contribution in [-0.4, -0.2) is 18.6 Å². The van der Waals surface area contributed by atoms with Gasteiger partial charge in [0.25, 0.3) is 0 Å². The predicted octanol–water partition coefficient (Wildman–Crippen LogP) is 3.11. The summed E-state index contributed by atoms with van der Waals surface area (Å²) < 4.78 is 0.